The third-order valence-corrected chi connectivity index (χ3v) is 6.26. The van der Waals surface area contributed by atoms with E-state index in [0.717, 1.165) is 23.3 Å². The molecule has 2 aromatic rings. The number of hydrogen-bond donors (Lipinski definition) is 3. The number of anilines is 2. The summed E-state index contributed by atoms with van der Waals surface area (Å²) >= 11 is 0. The van der Waals surface area contributed by atoms with Crippen LogP contribution in [0, 0.1) is 19.3 Å². The molecule has 4 rings (SSSR count). The van der Waals surface area contributed by atoms with Gasteiger partial charge in [0.1, 0.15) is 22.9 Å². The maximum absolute atomic E-state index is 12.5. The SMILES string of the molecule is CCC1NC(=O)C2=C1C=CC2Nc1c(N[C@@H](c2cc(C)c(C)o2)C(C)(C)C)c(=O)c1=O. The minimum absolute atomic E-state index is 0.00782. The highest BCUT2D eigenvalue weighted by molar-refractivity contribution is 6.02. The Labute approximate surface area is 181 Å². The lowest BCUT2D eigenvalue weighted by Crippen LogP contribution is -2.42. The van der Waals surface area contributed by atoms with Crippen LogP contribution in [0.15, 0.2) is 43.4 Å². The molecule has 0 saturated carbocycles. The molecule has 2 unspecified atom stereocenters. The van der Waals surface area contributed by atoms with Crippen molar-refractivity contribution in [3.8, 4) is 0 Å². The van der Waals surface area contributed by atoms with E-state index < -0.39 is 16.9 Å². The molecular formula is C24H29N3O4. The van der Waals surface area contributed by atoms with Crippen molar-refractivity contribution in [3.05, 3.63) is 66.9 Å². The van der Waals surface area contributed by atoms with Crippen molar-refractivity contribution < 1.29 is 9.21 Å². The van der Waals surface area contributed by atoms with Crippen molar-refractivity contribution in [1.82, 2.24) is 5.32 Å². The average Bonchev–Trinajstić information content (AvgIpc) is 3.35. The van der Waals surface area contributed by atoms with E-state index in [9.17, 15) is 14.4 Å². The Bertz CT molecular complexity index is 1170. The van der Waals surface area contributed by atoms with Crippen molar-refractivity contribution in [3.63, 3.8) is 0 Å². The Morgan fingerprint density at radius 3 is 2.39 bits per heavy atom. The maximum atomic E-state index is 12.5. The van der Waals surface area contributed by atoms with Crippen LogP contribution in [0.25, 0.3) is 0 Å². The molecule has 2 heterocycles. The molecule has 1 aromatic heterocycles. The summed E-state index contributed by atoms with van der Waals surface area (Å²) in [6.45, 7) is 12.0. The van der Waals surface area contributed by atoms with Crippen LogP contribution in [0.1, 0.15) is 57.2 Å². The van der Waals surface area contributed by atoms with Crippen molar-refractivity contribution in [2.45, 2.75) is 66.1 Å². The first-order valence-corrected chi connectivity index (χ1v) is 10.7. The monoisotopic (exact) mass is 423 g/mol. The first-order chi connectivity index (χ1) is 14.5. The summed E-state index contributed by atoms with van der Waals surface area (Å²) in [6, 6.07) is 1.21. The third kappa shape index (κ3) is 3.42. The quantitative estimate of drug-likeness (QED) is 0.617. The molecule has 0 fully saturated rings. The van der Waals surface area contributed by atoms with Gasteiger partial charge in [0.15, 0.2) is 0 Å². The van der Waals surface area contributed by atoms with E-state index in [2.05, 4.69) is 16.0 Å². The molecule has 0 spiro atoms. The van der Waals surface area contributed by atoms with Crippen molar-refractivity contribution >= 4 is 17.3 Å². The van der Waals surface area contributed by atoms with Crippen LogP contribution < -0.4 is 26.8 Å². The highest BCUT2D eigenvalue weighted by Crippen LogP contribution is 2.39. The Morgan fingerprint density at radius 2 is 1.81 bits per heavy atom. The summed E-state index contributed by atoms with van der Waals surface area (Å²) in [6.07, 6.45) is 4.58. The summed E-state index contributed by atoms with van der Waals surface area (Å²) in [7, 11) is 0. The highest BCUT2D eigenvalue weighted by atomic mass is 16.3. The average molecular weight is 424 g/mol. The van der Waals surface area contributed by atoms with E-state index in [1.54, 1.807) is 0 Å². The minimum Gasteiger partial charge on any atom is -0.464 e. The van der Waals surface area contributed by atoms with Crippen LogP contribution in [-0.4, -0.2) is 18.0 Å². The smallest absolute Gasteiger partial charge is 0.253 e. The van der Waals surface area contributed by atoms with Gasteiger partial charge in [0.05, 0.1) is 18.1 Å². The van der Waals surface area contributed by atoms with Gasteiger partial charge < -0.3 is 20.4 Å². The zero-order valence-electron chi connectivity index (χ0n) is 18.8. The molecule has 2 aliphatic rings. The second-order valence-electron chi connectivity index (χ2n) is 9.52. The molecular weight excluding hydrogens is 394 g/mol. The summed E-state index contributed by atoms with van der Waals surface area (Å²) in [5.41, 5.74) is 1.65. The van der Waals surface area contributed by atoms with Crippen LogP contribution >= 0.6 is 0 Å². The molecule has 0 radical (unpaired) electrons. The standard InChI is InChI=1S/C24H29N3O4/c1-7-14-13-8-9-15(17(13)23(30)26-14)25-18-19(21(29)20(18)28)27-22(24(4,5)6)16-10-11(2)12(3)31-16/h8-10,14-15,22,25,27H,7H2,1-6H3,(H,26,30)/t14?,15?,22-/m0/s1. The first kappa shape index (κ1) is 21.2. The molecule has 3 N–H and O–H groups in total. The third-order valence-electron chi connectivity index (χ3n) is 6.26. The molecule has 7 nitrogen and oxygen atoms in total. The molecule has 31 heavy (non-hydrogen) atoms. The van der Waals surface area contributed by atoms with E-state index in [4.69, 9.17) is 4.42 Å². The Balaban J connectivity index is 1.63. The van der Waals surface area contributed by atoms with Crippen molar-refractivity contribution in [2.24, 2.45) is 5.41 Å². The van der Waals surface area contributed by atoms with E-state index in [-0.39, 0.29) is 34.8 Å². The lowest BCUT2D eigenvalue weighted by molar-refractivity contribution is -0.117. The Morgan fingerprint density at radius 1 is 1.13 bits per heavy atom. The summed E-state index contributed by atoms with van der Waals surface area (Å²) in [5.74, 6) is 1.41. The number of aryl methyl sites for hydroxylation is 2. The predicted octanol–water partition coefficient (Wildman–Crippen LogP) is 3.25. The van der Waals surface area contributed by atoms with Gasteiger partial charge in [-0.25, -0.2) is 0 Å². The van der Waals surface area contributed by atoms with Gasteiger partial charge in [0.25, 0.3) is 10.9 Å². The molecule has 1 aliphatic heterocycles. The summed E-state index contributed by atoms with van der Waals surface area (Å²) in [4.78, 5) is 37.3. The highest BCUT2D eigenvalue weighted by Gasteiger charge is 2.38. The number of amides is 1. The van der Waals surface area contributed by atoms with Crippen molar-refractivity contribution in [2.75, 3.05) is 10.6 Å². The number of carbonyl (C=O) groups excluding carboxylic acids is 1. The van der Waals surface area contributed by atoms with Crippen LogP contribution in [-0.2, 0) is 4.79 Å². The zero-order chi connectivity index (χ0) is 22.7. The zero-order valence-corrected chi connectivity index (χ0v) is 18.8. The van der Waals surface area contributed by atoms with Gasteiger partial charge in [-0.2, -0.15) is 0 Å². The molecule has 7 heteroatoms. The van der Waals surface area contributed by atoms with Gasteiger partial charge >= 0.3 is 0 Å². The molecule has 1 aromatic carbocycles. The molecule has 164 valence electrons. The van der Waals surface area contributed by atoms with Gasteiger partial charge in [-0.15, -0.1) is 0 Å². The van der Waals surface area contributed by atoms with Gasteiger partial charge in [-0.1, -0.05) is 39.8 Å². The second-order valence-corrected chi connectivity index (χ2v) is 9.52. The van der Waals surface area contributed by atoms with Crippen LogP contribution in [0.4, 0.5) is 11.4 Å². The van der Waals surface area contributed by atoms with Crippen molar-refractivity contribution in [1.29, 1.82) is 0 Å². The minimum atomic E-state index is -0.574. The fourth-order valence-corrected chi connectivity index (χ4v) is 4.32. The van der Waals surface area contributed by atoms with E-state index in [1.807, 2.05) is 59.8 Å². The summed E-state index contributed by atoms with van der Waals surface area (Å²) in [5, 5.41) is 9.34. The fourth-order valence-electron chi connectivity index (χ4n) is 4.32. The molecule has 3 atom stereocenters. The predicted molar refractivity (Wildman–Crippen MR) is 121 cm³/mol. The van der Waals surface area contributed by atoms with Gasteiger partial charge in [0, 0.05) is 5.57 Å². The molecule has 0 bridgehead atoms. The first-order valence-electron chi connectivity index (χ1n) is 10.7. The molecule has 0 saturated heterocycles. The number of carbonyl (C=O) groups is 1. The van der Waals surface area contributed by atoms with Crippen LogP contribution in [0.2, 0.25) is 0 Å². The fraction of sp³-hybridized carbons (Fsp3) is 0.458. The topological polar surface area (TPSA) is 100 Å². The molecule has 1 aliphatic carbocycles. The largest absolute Gasteiger partial charge is 0.464 e. The van der Waals surface area contributed by atoms with E-state index >= 15 is 0 Å². The van der Waals surface area contributed by atoms with E-state index in [1.165, 1.54) is 0 Å². The number of nitrogens with one attached hydrogen (secondary N) is 3. The second kappa shape index (κ2) is 7.25. The number of hydrogen-bond acceptors (Lipinski definition) is 6. The lowest BCUT2D eigenvalue weighted by atomic mass is 9.84. The van der Waals surface area contributed by atoms with Gasteiger partial charge in [-0.05, 0) is 42.9 Å². The number of furan rings is 1. The summed E-state index contributed by atoms with van der Waals surface area (Å²) < 4.78 is 5.92. The maximum Gasteiger partial charge on any atom is 0.253 e. The lowest BCUT2D eigenvalue weighted by Gasteiger charge is -2.32. The number of rotatable bonds is 6. The van der Waals surface area contributed by atoms with Gasteiger partial charge in [-0.3, -0.25) is 14.4 Å². The van der Waals surface area contributed by atoms with Crippen LogP contribution in [0.5, 0.6) is 0 Å². The molecule has 1 amide bonds. The normalized spacial score (nSPS) is 21.5. The Hall–Kier alpha value is -3.09. The van der Waals surface area contributed by atoms with E-state index in [0.29, 0.717) is 11.3 Å². The Kier molecular flexibility index (Phi) is 4.95. The van der Waals surface area contributed by atoms with Crippen LogP contribution in [0.3, 0.4) is 0 Å². The van der Waals surface area contributed by atoms with Gasteiger partial charge in [0.2, 0.25) is 5.91 Å².